The molecule has 0 radical (unpaired) electrons. The summed E-state index contributed by atoms with van der Waals surface area (Å²) >= 11 is 0. The van der Waals surface area contributed by atoms with Crippen LogP contribution in [0.25, 0.3) is 0 Å². The van der Waals surface area contributed by atoms with Gasteiger partial charge in [-0.3, -0.25) is 19.2 Å². The number of ether oxygens (including phenoxy) is 17. The van der Waals surface area contributed by atoms with Crippen LogP contribution in [0.1, 0.15) is 158 Å². The number of ketones is 4. The van der Waals surface area contributed by atoms with E-state index in [4.69, 9.17) is 80.5 Å². The Morgan fingerprint density at radius 2 is 0.672 bits per heavy atom. The van der Waals surface area contributed by atoms with Gasteiger partial charge >= 0.3 is 0 Å². The highest BCUT2D eigenvalue weighted by Crippen LogP contribution is 2.56. The maximum absolute atomic E-state index is 13.3. The van der Waals surface area contributed by atoms with Gasteiger partial charge in [0, 0.05) is 69.6 Å². The van der Waals surface area contributed by atoms with Crippen molar-refractivity contribution in [3.63, 3.8) is 0 Å². The number of rotatable bonds is 27. The van der Waals surface area contributed by atoms with Crippen LogP contribution in [0.3, 0.4) is 0 Å². The molecule has 4 unspecified atom stereocenters. The van der Waals surface area contributed by atoms with Crippen LogP contribution in [0, 0.1) is 6.92 Å². The van der Waals surface area contributed by atoms with Gasteiger partial charge in [-0.1, -0.05) is 90.4 Å². The Hall–Kier alpha value is -8.04. The van der Waals surface area contributed by atoms with E-state index in [9.17, 15) is 19.2 Å². The van der Waals surface area contributed by atoms with E-state index >= 15 is 0 Å². The molecule has 0 fully saturated rings. The second-order valence-corrected chi connectivity index (χ2v) is 34.0. The van der Waals surface area contributed by atoms with Crippen LogP contribution in [-0.4, -0.2) is 214 Å². The van der Waals surface area contributed by atoms with Crippen molar-refractivity contribution >= 4 is 23.1 Å². The molecule has 704 valence electrons. The van der Waals surface area contributed by atoms with Gasteiger partial charge in [0.15, 0.2) is 52.8 Å². The van der Waals surface area contributed by atoms with E-state index in [1.54, 1.807) is 56.9 Å². The van der Waals surface area contributed by atoms with Crippen LogP contribution in [0.15, 0.2) is 115 Å². The molecular weight excluding hydrogens is 2090 g/mol. The summed E-state index contributed by atoms with van der Waals surface area (Å²) in [6, 6.07) is 37.4. The van der Waals surface area contributed by atoms with E-state index in [0.717, 1.165) is 155 Å². The Labute approximate surface area is 826 Å². The molecule has 0 amide bonds. The fraction of sp³-hybridized carbons (Fsp3) is 0.475. The van der Waals surface area contributed by atoms with Crippen LogP contribution < -0.4 is 172 Å². The number of carbonyl (C=O) groups excluding carboxylic acids is 4. The summed E-state index contributed by atoms with van der Waals surface area (Å²) in [5.74, 6) is 12.0. The van der Waals surface area contributed by atoms with Gasteiger partial charge in [-0.25, -0.2) is 0 Å². The van der Waals surface area contributed by atoms with Crippen LogP contribution in [0.5, 0.6) is 92.0 Å². The quantitative estimate of drug-likeness (QED) is 0.0393. The normalized spacial score (nSPS) is 17.4. The number of likely N-dealkylation sites (N-methyl/N-ethyl adjacent to an activating group) is 4. The second kappa shape index (κ2) is 48.4. The Morgan fingerprint density at radius 1 is 0.359 bits per heavy atom. The van der Waals surface area contributed by atoms with Gasteiger partial charge in [0.2, 0.25) is 50.2 Å². The average Bonchev–Trinajstić information content (AvgIpc) is 1.36. The highest BCUT2D eigenvalue weighted by molar-refractivity contribution is 5.85. The lowest BCUT2D eigenvalue weighted by Crippen LogP contribution is -3.00. The number of nitrogens with zero attached hydrogens (tertiary/aromatic N) is 4. The second-order valence-electron chi connectivity index (χ2n) is 34.0. The Balaban J connectivity index is 0.000000297. The molecule has 16 rings (SSSR count). The number of quaternary nitrogens is 4. The summed E-state index contributed by atoms with van der Waals surface area (Å²) in [6.45, 7) is 6.87. The average molecular weight is 2220 g/mol. The predicted octanol–water partition coefficient (Wildman–Crippen LogP) is 4.47. The molecule has 0 saturated carbocycles. The minimum atomic E-state index is -0.0543. The molecule has 0 aromatic heterocycles. The van der Waals surface area contributed by atoms with E-state index in [2.05, 4.69) is 87.6 Å². The number of halogens is 4. The number of benzene rings is 8. The van der Waals surface area contributed by atoms with E-state index in [-0.39, 0.29) is 213 Å². The van der Waals surface area contributed by atoms with Crippen LogP contribution in [-0.2, 0) is 75.3 Å². The van der Waals surface area contributed by atoms with Gasteiger partial charge in [0.1, 0.15) is 70.3 Å². The molecule has 0 bridgehead atoms. The third-order valence-electron chi connectivity index (χ3n) is 25.1. The van der Waals surface area contributed by atoms with Crippen molar-refractivity contribution < 1.29 is 214 Å². The minimum Gasteiger partial charge on any atom is -1.00 e. The van der Waals surface area contributed by atoms with Crippen LogP contribution in [0.2, 0.25) is 0 Å². The van der Waals surface area contributed by atoms with E-state index in [0.29, 0.717) is 113 Å². The van der Waals surface area contributed by atoms with Crippen molar-refractivity contribution in [2.75, 3.05) is 173 Å². The summed E-state index contributed by atoms with van der Waals surface area (Å²) < 4.78 is 97.9. The molecule has 25 nitrogen and oxygen atoms in total. The maximum atomic E-state index is 13.3. The standard InChI is InChI=1S/C25H32NO6.C24H30NO6.C23H28NO5.C23H28NO4.4CH4.4HI/c1-26(2)12-11-18-13-22-24(32-16-31-22)25(29-4)23(18)21(26)14-19(27)8-5-17-6-9-20(10-7-17)30-15-28-3;1-25(2)10-9-15-11-21-23(31-14-30-21)24(29-5)22(15)18(25)13-16(26)12-17-19(27-3)7-6-8-20(17)28-4;1-24(2)10-9-16-12-20-22(29-14-28-20)23(27-4)21(16)18(24)13-17(25)11-15-7-5-6-8-19(15)26-3;1-15-7-5-6-8-16(15)11-18(25)13-19-21-17(9-10-24(19,2)3)12-20-22(23(21)26-4)28-14-27-20;;;;;;;;/h6-7,9-10,13,21H,5,8,11-12,14-16H2,1-4H3;6-8,11,18H,9-10,12-14H2,1-5H3;5-8,12,18H,9-11,13-14H2,1-4H3;5-8,12,19H,9-11,13-14H2,1-4H3;4*1H4;4*1H/q4*+1;;;;;;;;/p-4. The number of carbonyl (C=O) groups is 4. The number of para-hydroxylation sites is 1. The molecule has 8 aromatic carbocycles. The Kier molecular flexibility index (Phi) is 41.8. The lowest BCUT2D eigenvalue weighted by Gasteiger charge is -2.43. The molecule has 0 N–H and O–H groups in total. The van der Waals surface area contributed by atoms with Crippen molar-refractivity contribution in [3.8, 4) is 92.0 Å². The summed E-state index contributed by atoms with van der Waals surface area (Å²) in [5, 5.41) is 0. The smallest absolute Gasteiger partial charge is 0.231 e. The summed E-state index contributed by atoms with van der Waals surface area (Å²) in [6.07, 6.45) is 7.63. The molecule has 0 spiro atoms. The number of fused-ring (bicyclic) bond motifs is 8. The lowest BCUT2D eigenvalue weighted by atomic mass is 9.86. The SMILES string of the molecule is C.C.C.C.COCOc1ccc(CCC(=O)CC2c3c(cc4c(c3OC)OCO4)CC[N+]2(C)C)cc1.COc1c2c(cc3c1C(CC(=O)Cc1ccccc1C)[N+](C)(C)CC3)OCO2.COc1cccc(OC)c1CC(=O)CC1c2c(cc3c(c2OC)OCO3)CC[N+]1(C)C.COc1ccccc1CC(=O)CC1c2c(cc3c(c2OC)OCO3)CC[N+]1(C)C.[I-].[I-].[I-].[I-]. The number of methoxy groups -OCH3 is 8. The predicted molar refractivity (Wildman–Crippen MR) is 478 cm³/mol. The Morgan fingerprint density at radius 3 is 1.01 bits per heavy atom. The molecule has 29 heteroatoms. The zero-order chi connectivity index (χ0) is 85.4. The third-order valence-corrected chi connectivity index (χ3v) is 25.1. The first kappa shape index (κ1) is 110. The number of Topliss-reactive ketones (excluding diaryl/α,β-unsaturated/α-hetero) is 4. The van der Waals surface area contributed by atoms with Gasteiger partial charge in [-0.05, 0) is 107 Å². The van der Waals surface area contributed by atoms with Crippen LogP contribution >= 0.6 is 0 Å². The first-order valence-corrected chi connectivity index (χ1v) is 41.1. The number of hydrogen-bond donors (Lipinski definition) is 0. The van der Waals surface area contributed by atoms with Crippen molar-refractivity contribution in [2.24, 2.45) is 0 Å². The molecule has 128 heavy (non-hydrogen) atoms. The molecule has 0 aliphatic carbocycles. The van der Waals surface area contributed by atoms with Gasteiger partial charge in [0.25, 0.3) is 0 Å². The molecule has 8 aliphatic heterocycles. The van der Waals surface area contributed by atoms with E-state index in [1.165, 1.54) is 16.7 Å². The van der Waals surface area contributed by atoms with Gasteiger partial charge in [0.05, 0.1) is 180 Å². The zero-order valence-electron chi connectivity index (χ0n) is 74.2. The van der Waals surface area contributed by atoms with Crippen molar-refractivity contribution in [2.45, 2.75) is 144 Å². The molecule has 8 aliphatic rings. The van der Waals surface area contributed by atoms with Crippen LogP contribution in [0.4, 0.5) is 0 Å². The summed E-state index contributed by atoms with van der Waals surface area (Å²) in [5.41, 5.74) is 14.1. The lowest BCUT2D eigenvalue weighted by molar-refractivity contribution is -0.922. The van der Waals surface area contributed by atoms with Gasteiger partial charge in [-0.15, -0.1) is 0 Å². The third kappa shape index (κ3) is 24.4. The Bertz CT molecular complexity index is 5080. The molecular formula is C99H134I4N4O21. The first-order valence-electron chi connectivity index (χ1n) is 41.1. The zero-order valence-corrected chi connectivity index (χ0v) is 82.8. The minimum absolute atomic E-state index is 0. The monoisotopic (exact) mass is 2220 g/mol. The van der Waals surface area contributed by atoms with E-state index in [1.807, 2.05) is 91.0 Å². The highest BCUT2D eigenvalue weighted by Gasteiger charge is 2.47. The van der Waals surface area contributed by atoms with Gasteiger partial charge in [-0.2, -0.15) is 0 Å². The number of aryl methyl sites for hydroxylation is 2. The maximum Gasteiger partial charge on any atom is 0.231 e. The van der Waals surface area contributed by atoms with Crippen molar-refractivity contribution in [1.82, 2.24) is 0 Å². The molecule has 4 atom stereocenters. The van der Waals surface area contributed by atoms with Crippen molar-refractivity contribution in [1.29, 1.82) is 0 Å². The summed E-state index contributed by atoms with van der Waals surface area (Å²) in [7, 11) is 30.5. The van der Waals surface area contributed by atoms with Gasteiger partial charge < -0.3 is 194 Å². The highest BCUT2D eigenvalue weighted by atomic mass is 127. The molecule has 0 saturated heterocycles. The molecule has 8 heterocycles. The fourth-order valence-corrected chi connectivity index (χ4v) is 18.2. The number of hydrogen-bond acceptors (Lipinski definition) is 21. The molecule has 8 aromatic rings. The largest absolute Gasteiger partial charge is 1.00 e. The van der Waals surface area contributed by atoms with Crippen molar-refractivity contribution in [3.05, 3.63) is 188 Å². The summed E-state index contributed by atoms with van der Waals surface area (Å²) in [4.78, 5) is 52.6. The first-order chi connectivity index (χ1) is 57.7. The van der Waals surface area contributed by atoms with E-state index < -0.39 is 0 Å². The fourth-order valence-electron chi connectivity index (χ4n) is 18.2. The topological polar surface area (TPSA) is 225 Å².